The fraction of sp³-hybridized carbons (Fsp3) is 0.562. The highest BCUT2D eigenvalue weighted by Crippen LogP contribution is 2.24. The summed E-state index contributed by atoms with van der Waals surface area (Å²) in [6, 6.07) is 3.65. The third kappa shape index (κ3) is 4.72. The van der Waals surface area contributed by atoms with Crippen molar-refractivity contribution in [2.45, 2.75) is 17.7 Å². The molecule has 0 aliphatic carbocycles. The lowest BCUT2D eigenvalue weighted by Crippen LogP contribution is -2.41. The van der Waals surface area contributed by atoms with E-state index in [1.807, 2.05) is 0 Å². The zero-order valence-corrected chi connectivity index (χ0v) is 15.9. The van der Waals surface area contributed by atoms with Crippen molar-refractivity contribution in [3.05, 3.63) is 24.0 Å². The Morgan fingerprint density at radius 2 is 1.88 bits per heavy atom. The molecule has 3 rings (SSSR count). The molecule has 0 atom stereocenters. The molecule has 0 radical (unpaired) electrons. The second-order valence-corrected chi connectivity index (χ2v) is 8.08. The maximum absolute atomic E-state index is 14.2. The van der Waals surface area contributed by atoms with E-state index in [0.29, 0.717) is 0 Å². The quantitative estimate of drug-likeness (QED) is 0.783. The molecule has 2 heterocycles. The monoisotopic (exact) mass is 407 g/mol. The normalized spacial score (nSPS) is 19.6. The lowest BCUT2D eigenvalue weighted by atomic mass is 9.97. The largest absolute Gasteiger partial charge is 0.379 e. The van der Waals surface area contributed by atoms with Crippen molar-refractivity contribution in [3.63, 3.8) is 0 Å². The molecular formula is C16H23ClFN3O4S. The van der Waals surface area contributed by atoms with Gasteiger partial charge in [0.15, 0.2) is 0 Å². The second-order valence-electron chi connectivity index (χ2n) is 6.18. The van der Waals surface area contributed by atoms with E-state index < -0.39 is 20.7 Å². The van der Waals surface area contributed by atoms with Crippen LogP contribution < -0.4 is 10.6 Å². The first-order valence-corrected chi connectivity index (χ1v) is 9.81. The van der Waals surface area contributed by atoms with Gasteiger partial charge in [0, 0.05) is 24.7 Å². The molecule has 7 nitrogen and oxygen atoms in total. The first-order chi connectivity index (χ1) is 12.0. The van der Waals surface area contributed by atoms with Crippen LogP contribution in [0.5, 0.6) is 0 Å². The van der Waals surface area contributed by atoms with Crippen LogP contribution in [0.25, 0.3) is 0 Å². The summed E-state index contributed by atoms with van der Waals surface area (Å²) < 4.78 is 45.8. The minimum Gasteiger partial charge on any atom is -0.379 e. The van der Waals surface area contributed by atoms with Gasteiger partial charge in [-0.05, 0) is 44.1 Å². The highest BCUT2D eigenvalue weighted by Gasteiger charge is 2.29. The summed E-state index contributed by atoms with van der Waals surface area (Å²) >= 11 is 0. The molecule has 0 aromatic heterocycles. The van der Waals surface area contributed by atoms with Crippen LogP contribution in [0.4, 0.5) is 10.1 Å². The van der Waals surface area contributed by atoms with E-state index in [-0.39, 0.29) is 56.2 Å². The van der Waals surface area contributed by atoms with Crippen LogP contribution in [-0.2, 0) is 19.6 Å². The second kappa shape index (κ2) is 9.09. The topological polar surface area (TPSA) is 87.7 Å². The number of hydrogen-bond acceptors (Lipinski definition) is 5. The van der Waals surface area contributed by atoms with Gasteiger partial charge in [0.2, 0.25) is 15.9 Å². The van der Waals surface area contributed by atoms with E-state index >= 15 is 0 Å². The highest BCUT2D eigenvalue weighted by atomic mass is 35.5. The maximum Gasteiger partial charge on any atom is 0.246 e. The van der Waals surface area contributed by atoms with Gasteiger partial charge in [-0.25, -0.2) is 12.8 Å². The Hall–Kier alpha value is -1.26. The van der Waals surface area contributed by atoms with E-state index in [4.69, 9.17) is 4.74 Å². The van der Waals surface area contributed by atoms with Gasteiger partial charge in [0.1, 0.15) is 10.7 Å². The third-order valence-corrected chi connectivity index (χ3v) is 6.41. The van der Waals surface area contributed by atoms with Crippen molar-refractivity contribution >= 4 is 34.0 Å². The molecule has 10 heteroatoms. The van der Waals surface area contributed by atoms with Gasteiger partial charge in [0.05, 0.1) is 13.2 Å². The van der Waals surface area contributed by atoms with Crippen LogP contribution in [0.2, 0.25) is 0 Å². The smallest absolute Gasteiger partial charge is 0.246 e. The van der Waals surface area contributed by atoms with Gasteiger partial charge in [-0.15, -0.1) is 12.4 Å². The summed E-state index contributed by atoms with van der Waals surface area (Å²) in [5, 5.41) is 5.89. The molecule has 2 aliphatic heterocycles. The number of sulfonamides is 1. The number of ether oxygens (including phenoxy) is 1. The predicted molar refractivity (Wildman–Crippen MR) is 97.4 cm³/mol. The molecule has 0 saturated carbocycles. The van der Waals surface area contributed by atoms with Crippen LogP contribution in [0.1, 0.15) is 12.8 Å². The van der Waals surface area contributed by atoms with Crippen molar-refractivity contribution in [3.8, 4) is 0 Å². The van der Waals surface area contributed by atoms with Crippen molar-refractivity contribution in [2.24, 2.45) is 5.92 Å². The number of amides is 1. The number of hydrogen-bond donors (Lipinski definition) is 2. The van der Waals surface area contributed by atoms with Crippen molar-refractivity contribution < 1.29 is 22.3 Å². The summed E-state index contributed by atoms with van der Waals surface area (Å²) in [4.78, 5) is 11.9. The Morgan fingerprint density at radius 3 is 2.54 bits per heavy atom. The van der Waals surface area contributed by atoms with Crippen LogP contribution in [0.3, 0.4) is 0 Å². The maximum atomic E-state index is 14.2. The first kappa shape index (κ1) is 21.0. The van der Waals surface area contributed by atoms with Gasteiger partial charge in [-0.3, -0.25) is 4.79 Å². The number of nitrogens with zero attached hydrogens (tertiary/aromatic N) is 1. The minimum atomic E-state index is -3.96. The minimum absolute atomic E-state index is 0. The predicted octanol–water partition coefficient (Wildman–Crippen LogP) is 1.21. The molecule has 2 fully saturated rings. The molecule has 2 aliphatic rings. The van der Waals surface area contributed by atoms with Crippen LogP contribution in [-0.4, -0.2) is 58.0 Å². The Bertz CT molecular complexity index is 735. The summed E-state index contributed by atoms with van der Waals surface area (Å²) in [6.07, 6.45) is 1.46. The Labute approximate surface area is 158 Å². The van der Waals surface area contributed by atoms with Gasteiger partial charge in [-0.2, -0.15) is 4.31 Å². The molecular weight excluding hydrogens is 385 g/mol. The van der Waals surface area contributed by atoms with E-state index in [9.17, 15) is 17.6 Å². The number of nitrogens with one attached hydrogen (secondary N) is 2. The van der Waals surface area contributed by atoms with E-state index in [1.165, 1.54) is 16.4 Å². The summed E-state index contributed by atoms with van der Waals surface area (Å²) in [6.45, 7) is 2.50. The third-order valence-electron chi connectivity index (χ3n) is 4.50. The number of halogens is 2. The van der Waals surface area contributed by atoms with Crippen molar-refractivity contribution in [1.29, 1.82) is 0 Å². The molecule has 146 valence electrons. The number of piperidine rings is 1. The van der Waals surface area contributed by atoms with Gasteiger partial charge in [-0.1, -0.05) is 0 Å². The fourth-order valence-electron chi connectivity index (χ4n) is 3.03. The highest BCUT2D eigenvalue weighted by molar-refractivity contribution is 7.89. The van der Waals surface area contributed by atoms with Crippen molar-refractivity contribution in [2.75, 3.05) is 44.7 Å². The molecule has 0 unspecified atom stereocenters. The molecule has 2 N–H and O–H groups in total. The molecule has 1 aromatic rings. The number of rotatable bonds is 4. The molecule has 1 amide bonds. The Balaban J connectivity index is 0.00000243. The lowest BCUT2D eigenvalue weighted by Gasteiger charge is -2.26. The van der Waals surface area contributed by atoms with Crippen LogP contribution >= 0.6 is 12.4 Å². The summed E-state index contributed by atoms with van der Waals surface area (Å²) in [5.41, 5.74) is 0.289. The number of carbonyl (C=O) groups is 1. The zero-order valence-electron chi connectivity index (χ0n) is 14.2. The zero-order chi connectivity index (χ0) is 17.9. The number of carbonyl (C=O) groups excluding carboxylic acids is 1. The number of benzene rings is 1. The summed E-state index contributed by atoms with van der Waals surface area (Å²) in [7, 11) is -3.96. The fourth-order valence-corrected chi connectivity index (χ4v) is 4.53. The number of anilines is 1. The SMILES string of the molecule is Cl.O=C(Nc1ccc(F)c(S(=O)(=O)N2CCOCC2)c1)C1CCNCC1. The number of morpholine rings is 1. The molecule has 0 spiro atoms. The van der Waals surface area contributed by atoms with Crippen LogP contribution in [0, 0.1) is 11.7 Å². The van der Waals surface area contributed by atoms with Gasteiger partial charge >= 0.3 is 0 Å². The van der Waals surface area contributed by atoms with E-state index in [2.05, 4.69) is 10.6 Å². The lowest BCUT2D eigenvalue weighted by molar-refractivity contribution is -0.120. The first-order valence-electron chi connectivity index (χ1n) is 8.37. The molecule has 2 saturated heterocycles. The van der Waals surface area contributed by atoms with Crippen molar-refractivity contribution in [1.82, 2.24) is 9.62 Å². The standard InChI is InChI=1S/C16H22FN3O4S.ClH/c17-14-2-1-13(19-16(21)12-3-5-18-6-4-12)11-15(14)25(22,23)20-7-9-24-10-8-20;/h1-2,11-12,18H,3-10H2,(H,19,21);1H. The summed E-state index contributed by atoms with van der Waals surface area (Å²) in [5.74, 6) is -1.11. The van der Waals surface area contributed by atoms with E-state index in [1.54, 1.807) is 0 Å². The molecule has 26 heavy (non-hydrogen) atoms. The average molecular weight is 408 g/mol. The van der Waals surface area contributed by atoms with Gasteiger partial charge in [0.25, 0.3) is 0 Å². The molecule has 1 aromatic carbocycles. The van der Waals surface area contributed by atoms with E-state index in [0.717, 1.165) is 32.0 Å². The average Bonchev–Trinajstić information content (AvgIpc) is 2.64. The Kier molecular flexibility index (Phi) is 7.36. The Morgan fingerprint density at radius 1 is 1.23 bits per heavy atom. The van der Waals surface area contributed by atoms with Gasteiger partial charge < -0.3 is 15.4 Å². The molecule has 0 bridgehead atoms. The van der Waals surface area contributed by atoms with Crippen LogP contribution in [0.15, 0.2) is 23.1 Å².